The van der Waals surface area contributed by atoms with E-state index >= 15 is 0 Å². The molecule has 0 unspecified atom stereocenters. The van der Waals surface area contributed by atoms with Crippen LogP contribution in [0.15, 0.2) is 30.6 Å². The highest BCUT2D eigenvalue weighted by atomic mass is 35.5. The van der Waals surface area contributed by atoms with Crippen LogP contribution in [0, 0.1) is 5.82 Å². The molecule has 0 aliphatic heterocycles. The number of hydrogen-bond donors (Lipinski definition) is 1. The van der Waals surface area contributed by atoms with Gasteiger partial charge in [-0.1, -0.05) is 18.5 Å². The highest BCUT2D eigenvalue weighted by Crippen LogP contribution is 2.17. The second-order valence-electron chi connectivity index (χ2n) is 4.05. The minimum Gasteiger partial charge on any atom is -0.313 e. The van der Waals surface area contributed by atoms with Gasteiger partial charge >= 0.3 is 0 Å². The summed E-state index contributed by atoms with van der Waals surface area (Å²) in [5.74, 6) is -0.245. The normalized spacial score (nSPS) is 10.8. The van der Waals surface area contributed by atoms with Crippen LogP contribution in [0.3, 0.4) is 0 Å². The number of rotatable bonds is 5. The van der Waals surface area contributed by atoms with Crippen molar-refractivity contribution in [1.29, 1.82) is 0 Å². The van der Waals surface area contributed by atoms with Gasteiger partial charge in [0.1, 0.15) is 5.82 Å². The highest BCUT2D eigenvalue weighted by Gasteiger charge is 2.07. The third-order valence-corrected chi connectivity index (χ3v) is 2.78. The molecular formula is C13H15ClFN3. The average molecular weight is 268 g/mol. The maximum Gasteiger partial charge on any atom is 0.123 e. The summed E-state index contributed by atoms with van der Waals surface area (Å²) < 4.78 is 15.0. The third-order valence-electron chi connectivity index (χ3n) is 2.58. The molecule has 0 saturated heterocycles. The zero-order valence-electron chi connectivity index (χ0n) is 10.2. The van der Waals surface area contributed by atoms with Crippen LogP contribution >= 0.6 is 11.6 Å². The largest absolute Gasteiger partial charge is 0.313 e. The summed E-state index contributed by atoms with van der Waals surface area (Å²) in [6.45, 7) is 3.60. The van der Waals surface area contributed by atoms with Crippen molar-refractivity contribution in [2.45, 2.75) is 19.9 Å². The standard InChI is InChI=1S/C13H15ClFN3/c1-2-5-16-7-10-6-12(15)3-4-13(10)18-9-11(14)8-17-18/h3-4,6,8-9,16H,2,5,7H2,1H3. The fourth-order valence-corrected chi connectivity index (χ4v) is 1.89. The predicted molar refractivity (Wildman–Crippen MR) is 70.5 cm³/mol. The number of hydrogen-bond acceptors (Lipinski definition) is 2. The summed E-state index contributed by atoms with van der Waals surface area (Å²) in [4.78, 5) is 0. The summed E-state index contributed by atoms with van der Waals surface area (Å²) in [5.41, 5.74) is 1.70. The first-order chi connectivity index (χ1) is 8.70. The van der Waals surface area contributed by atoms with E-state index in [1.54, 1.807) is 23.1 Å². The van der Waals surface area contributed by atoms with Crippen molar-refractivity contribution in [1.82, 2.24) is 15.1 Å². The Balaban J connectivity index is 2.28. The summed E-state index contributed by atoms with van der Waals surface area (Å²) >= 11 is 5.85. The van der Waals surface area contributed by atoms with E-state index < -0.39 is 0 Å². The van der Waals surface area contributed by atoms with Crippen LogP contribution in [-0.4, -0.2) is 16.3 Å². The third kappa shape index (κ3) is 3.09. The lowest BCUT2D eigenvalue weighted by molar-refractivity contribution is 0.616. The molecule has 0 fully saturated rings. The molecule has 3 nitrogen and oxygen atoms in total. The fourth-order valence-electron chi connectivity index (χ4n) is 1.75. The number of benzene rings is 1. The van der Waals surface area contributed by atoms with Crippen LogP contribution in [0.4, 0.5) is 4.39 Å². The lowest BCUT2D eigenvalue weighted by Crippen LogP contribution is -2.16. The molecule has 0 atom stereocenters. The Bertz CT molecular complexity index is 525. The van der Waals surface area contributed by atoms with Crippen molar-refractivity contribution in [2.24, 2.45) is 0 Å². The average Bonchev–Trinajstić information content (AvgIpc) is 2.76. The van der Waals surface area contributed by atoms with Gasteiger partial charge in [0.2, 0.25) is 0 Å². The molecule has 18 heavy (non-hydrogen) atoms. The number of aromatic nitrogens is 2. The Morgan fingerprint density at radius 3 is 2.94 bits per heavy atom. The molecule has 0 amide bonds. The first-order valence-corrected chi connectivity index (χ1v) is 6.28. The van der Waals surface area contributed by atoms with E-state index in [2.05, 4.69) is 17.3 Å². The zero-order chi connectivity index (χ0) is 13.0. The molecule has 0 radical (unpaired) electrons. The maximum absolute atomic E-state index is 13.3. The molecule has 0 aliphatic rings. The second kappa shape index (κ2) is 5.98. The molecule has 1 N–H and O–H groups in total. The van der Waals surface area contributed by atoms with E-state index in [4.69, 9.17) is 11.6 Å². The Morgan fingerprint density at radius 1 is 1.44 bits per heavy atom. The molecular weight excluding hydrogens is 253 g/mol. The summed E-state index contributed by atoms with van der Waals surface area (Å²) in [6, 6.07) is 4.66. The van der Waals surface area contributed by atoms with Crippen LogP contribution in [0.1, 0.15) is 18.9 Å². The molecule has 0 bridgehead atoms. The quantitative estimate of drug-likeness (QED) is 0.844. The van der Waals surface area contributed by atoms with Gasteiger partial charge in [0.25, 0.3) is 0 Å². The van der Waals surface area contributed by atoms with Crippen molar-refractivity contribution in [2.75, 3.05) is 6.54 Å². The first kappa shape index (κ1) is 13.1. The van der Waals surface area contributed by atoms with Crippen LogP contribution in [0.2, 0.25) is 5.02 Å². The van der Waals surface area contributed by atoms with Gasteiger partial charge in [-0.25, -0.2) is 9.07 Å². The Labute approximate surface area is 111 Å². The molecule has 1 aromatic heterocycles. The molecule has 0 spiro atoms. The fraction of sp³-hybridized carbons (Fsp3) is 0.308. The summed E-state index contributed by atoms with van der Waals surface area (Å²) in [7, 11) is 0. The van der Waals surface area contributed by atoms with E-state index in [0.29, 0.717) is 11.6 Å². The lowest BCUT2D eigenvalue weighted by atomic mass is 10.1. The van der Waals surface area contributed by atoms with Crippen molar-refractivity contribution in [3.05, 3.63) is 47.0 Å². The number of nitrogens with one attached hydrogen (secondary N) is 1. The van der Waals surface area contributed by atoms with Gasteiger partial charge in [-0.05, 0) is 36.7 Å². The van der Waals surface area contributed by atoms with E-state index in [-0.39, 0.29) is 5.82 Å². The highest BCUT2D eigenvalue weighted by molar-refractivity contribution is 6.30. The molecule has 5 heteroatoms. The SMILES string of the molecule is CCCNCc1cc(F)ccc1-n1cc(Cl)cn1. The van der Waals surface area contributed by atoms with Gasteiger partial charge in [-0.2, -0.15) is 5.10 Å². The smallest absolute Gasteiger partial charge is 0.123 e. The molecule has 1 aromatic carbocycles. The van der Waals surface area contributed by atoms with Crippen molar-refractivity contribution in [3.63, 3.8) is 0 Å². The molecule has 2 aromatic rings. The predicted octanol–water partition coefficient (Wildman–Crippen LogP) is 3.16. The Hall–Kier alpha value is -1.39. The second-order valence-corrected chi connectivity index (χ2v) is 4.49. The maximum atomic E-state index is 13.3. The van der Waals surface area contributed by atoms with Gasteiger partial charge in [-0.3, -0.25) is 0 Å². The van der Waals surface area contributed by atoms with Crippen LogP contribution in [0.25, 0.3) is 5.69 Å². The molecule has 96 valence electrons. The van der Waals surface area contributed by atoms with Crippen LogP contribution in [-0.2, 0) is 6.54 Å². The summed E-state index contributed by atoms with van der Waals surface area (Å²) in [5, 5.41) is 7.96. The minimum atomic E-state index is -0.245. The Kier molecular flexibility index (Phi) is 4.33. The molecule has 0 aliphatic carbocycles. The van der Waals surface area contributed by atoms with Gasteiger partial charge in [-0.15, -0.1) is 0 Å². The number of halogens is 2. The van der Waals surface area contributed by atoms with Gasteiger partial charge in [0, 0.05) is 12.7 Å². The van der Waals surface area contributed by atoms with E-state index in [1.165, 1.54) is 12.1 Å². The summed E-state index contributed by atoms with van der Waals surface area (Å²) in [6.07, 6.45) is 4.31. The zero-order valence-corrected chi connectivity index (χ0v) is 10.9. The molecule has 2 rings (SSSR count). The minimum absolute atomic E-state index is 0.245. The Morgan fingerprint density at radius 2 is 2.28 bits per heavy atom. The first-order valence-electron chi connectivity index (χ1n) is 5.90. The van der Waals surface area contributed by atoms with E-state index in [0.717, 1.165) is 24.2 Å². The van der Waals surface area contributed by atoms with Gasteiger partial charge in [0.05, 0.1) is 16.9 Å². The van der Waals surface area contributed by atoms with Crippen LogP contribution < -0.4 is 5.32 Å². The van der Waals surface area contributed by atoms with E-state index in [9.17, 15) is 4.39 Å². The topological polar surface area (TPSA) is 29.9 Å². The van der Waals surface area contributed by atoms with E-state index in [1.807, 2.05) is 0 Å². The lowest BCUT2D eigenvalue weighted by Gasteiger charge is -2.10. The molecule has 0 saturated carbocycles. The van der Waals surface area contributed by atoms with Crippen molar-refractivity contribution in [3.8, 4) is 5.69 Å². The van der Waals surface area contributed by atoms with Gasteiger partial charge < -0.3 is 5.32 Å². The van der Waals surface area contributed by atoms with Crippen molar-refractivity contribution < 1.29 is 4.39 Å². The van der Waals surface area contributed by atoms with Gasteiger partial charge in [0.15, 0.2) is 0 Å². The molecule has 1 heterocycles. The number of nitrogens with zero attached hydrogens (tertiary/aromatic N) is 2. The van der Waals surface area contributed by atoms with Crippen molar-refractivity contribution >= 4 is 11.6 Å². The van der Waals surface area contributed by atoms with Crippen LogP contribution in [0.5, 0.6) is 0 Å². The monoisotopic (exact) mass is 267 g/mol.